The number of aryl methyl sites for hydroxylation is 2. The quantitative estimate of drug-likeness (QED) is 0.819. The minimum atomic E-state index is -3.57. The number of ether oxygens (including phenoxy) is 1. The Hall–Kier alpha value is -2.45. The fraction of sp³-hybridized carbons (Fsp3) is 0.368. The molecule has 0 atom stereocenters. The number of rotatable bonds is 5. The van der Waals surface area contributed by atoms with Gasteiger partial charge in [0, 0.05) is 30.7 Å². The zero-order valence-corrected chi connectivity index (χ0v) is 16.2. The standard InChI is InChI=1S/C19H23N3O4S/c1-13-3-4-16(11-14(13)2)21-19(23)15-5-8-20-18(12-15)22-27(24,25)17-6-9-26-10-7-17/h3-5,8,11-12,17H,6-7,9-10H2,1-2H3,(H,20,22)(H,21,23). The molecule has 0 unspecified atom stereocenters. The van der Waals surface area contributed by atoms with Crippen molar-refractivity contribution in [3.8, 4) is 0 Å². The van der Waals surface area contributed by atoms with Gasteiger partial charge in [0.25, 0.3) is 5.91 Å². The van der Waals surface area contributed by atoms with Crippen LogP contribution in [0.15, 0.2) is 36.5 Å². The molecule has 0 saturated carbocycles. The number of benzene rings is 1. The normalized spacial score (nSPS) is 15.3. The van der Waals surface area contributed by atoms with Gasteiger partial charge in [-0.1, -0.05) is 6.07 Å². The summed E-state index contributed by atoms with van der Waals surface area (Å²) in [6, 6.07) is 8.64. The highest BCUT2D eigenvalue weighted by Gasteiger charge is 2.28. The maximum absolute atomic E-state index is 12.5. The van der Waals surface area contributed by atoms with E-state index in [1.54, 1.807) is 6.07 Å². The number of nitrogens with zero attached hydrogens (tertiary/aromatic N) is 1. The van der Waals surface area contributed by atoms with Crippen LogP contribution < -0.4 is 10.0 Å². The van der Waals surface area contributed by atoms with E-state index < -0.39 is 15.3 Å². The average molecular weight is 389 g/mol. The molecular formula is C19H23N3O4S. The van der Waals surface area contributed by atoms with E-state index in [0.717, 1.165) is 11.1 Å². The van der Waals surface area contributed by atoms with E-state index in [4.69, 9.17) is 4.74 Å². The third-order valence-corrected chi connectivity index (χ3v) is 6.48. The molecule has 27 heavy (non-hydrogen) atoms. The van der Waals surface area contributed by atoms with Crippen molar-refractivity contribution in [1.29, 1.82) is 0 Å². The lowest BCUT2D eigenvalue weighted by atomic mass is 10.1. The lowest BCUT2D eigenvalue weighted by molar-refractivity contribution is 0.0984. The zero-order chi connectivity index (χ0) is 19.4. The largest absolute Gasteiger partial charge is 0.381 e. The molecular weight excluding hydrogens is 366 g/mol. The van der Waals surface area contributed by atoms with Gasteiger partial charge in [-0.3, -0.25) is 9.52 Å². The van der Waals surface area contributed by atoms with E-state index in [1.165, 1.54) is 12.3 Å². The molecule has 8 heteroatoms. The molecule has 0 bridgehead atoms. The number of nitrogens with one attached hydrogen (secondary N) is 2. The van der Waals surface area contributed by atoms with E-state index in [0.29, 0.717) is 37.3 Å². The number of aromatic nitrogens is 1. The first kappa shape index (κ1) is 19.3. The molecule has 2 aromatic rings. The average Bonchev–Trinajstić information content (AvgIpc) is 2.65. The lowest BCUT2D eigenvalue weighted by Gasteiger charge is -2.22. The number of anilines is 2. The summed E-state index contributed by atoms with van der Waals surface area (Å²) in [5.41, 5.74) is 3.23. The van der Waals surface area contributed by atoms with Gasteiger partial charge in [0.05, 0.1) is 5.25 Å². The Morgan fingerprint density at radius 1 is 1.11 bits per heavy atom. The van der Waals surface area contributed by atoms with Gasteiger partial charge in [0.2, 0.25) is 10.0 Å². The summed E-state index contributed by atoms with van der Waals surface area (Å²) in [4.78, 5) is 16.5. The summed E-state index contributed by atoms with van der Waals surface area (Å²) in [6.45, 7) is 4.83. The number of carbonyl (C=O) groups is 1. The summed E-state index contributed by atoms with van der Waals surface area (Å²) in [5.74, 6) is -0.193. The third-order valence-electron chi connectivity index (χ3n) is 4.64. The van der Waals surface area contributed by atoms with E-state index in [2.05, 4.69) is 15.0 Å². The molecule has 1 amide bonds. The van der Waals surface area contributed by atoms with Crippen molar-refractivity contribution in [3.63, 3.8) is 0 Å². The summed E-state index contributed by atoms with van der Waals surface area (Å²) in [6.07, 6.45) is 2.31. The maximum Gasteiger partial charge on any atom is 0.255 e. The highest BCUT2D eigenvalue weighted by Crippen LogP contribution is 2.20. The van der Waals surface area contributed by atoms with Gasteiger partial charge < -0.3 is 10.1 Å². The minimum absolute atomic E-state index is 0.134. The van der Waals surface area contributed by atoms with Gasteiger partial charge in [0.1, 0.15) is 5.82 Å². The second-order valence-electron chi connectivity index (χ2n) is 6.64. The predicted molar refractivity (Wildman–Crippen MR) is 104 cm³/mol. The Morgan fingerprint density at radius 2 is 1.85 bits per heavy atom. The molecule has 3 rings (SSSR count). The van der Waals surface area contributed by atoms with Crippen LogP contribution in [0.1, 0.15) is 34.3 Å². The molecule has 2 heterocycles. The second-order valence-corrected chi connectivity index (χ2v) is 8.60. The van der Waals surface area contributed by atoms with Crippen LogP contribution in [0.4, 0.5) is 11.5 Å². The summed E-state index contributed by atoms with van der Waals surface area (Å²) >= 11 is 0. The molecule has 0 radical (unpaired) electrons. The Morgan fingerprint density at radius 3 is 2.56 bits per heavy atom. The highest BCUT2D eigenvalue weighted by molar-refractivity contribution is 7.93. The molecule has 0 spiro atoms. The SMILES string of the molecule is Cc1ccc(NC(=O)c2ccnc(NS(=O)(=O)C3CCOCC3)c2)cc1C. The molecule has 1 aliphatic rings. The number of pyridine rings is 1. The zero-order valence-electron chi connectivity index (χ0n) is 15.4. The van der Waals surface area contributed by atoms with Crippen LogP contribution in [0.5, 0.6) is 0 Å². The molecule has 1 aliphatic heterocycles. The summed E-state index contributed by atoms with van der Waals surface area (Å²) in [5, 5.41) is 2.31. The van der Waals surface area contributed by atoms with Crippen molar-refractivity contribution < 1.29 is 17.9 Å². The summed E-state index contributed by atoms with van der Waals surface area (Å²) in [7, 11) is -3.57. The number of amides is 1. The van der Waals surface area contributed by atoms with E-state index >= 15 is 0 Å². The van der Waals surface area contributed by atoms with Crippen LogP contribution in [-0.4, -0.2) is 37.8 Å². The predicted octanol–water partition coefficient (Wildman–Crippen LogP) is 2.87. The van der Waals surface area contributed by atoms with E-state index in [-0.39, 0.29) is 11.7 Å². The van der Waals surface area contributed by atoms with Gasteiger partial charge >= 0.3 is 0 Å². The van der Waals surface area contributed by atoms with E-state index in [9.17, 15) is 13.2 Å². The topological polar surface area (TPSA) is 97.4 Å². The van der Waals surface area contributed by atoms with Crippen LogP contribution in [0, 0.1) is 13.8 Å². The van der Waals surface area contributed by atoms with E-state index in [1.807, 2.05) is 32.0 Å². The highest BCUT2D eigenvalue weighted by atomic mass is 32.2. The van der Waals surface area contributed by atoms with Gasteiger partial charge in [-0.05, 0) is 62.1 Å². The number of hydrogen-bond acceptors (Lipinski definition) is 5. The number of sulfonamides is 1. The molecule has 1 aromatic heterocycles. The molecule has 1 saturated heterocycles. The van der Waals surface area contributed by atoms with Crippen LogP contribution >= 0.6 is 0 Å². The fourth-order valence-electron chi connectivity index (χ4n) is 2.87. The number of carbonyl (C=O) groups excluding carboxylic acids is 1. The smallest absolute Gasteiger partial charge is 0.255 e. The third kappa shape index (κ3) is 4.84. The lowest BCUT2D eigenvalue weighted by Crippen LogP contribution is -2.33. The van der Waals surface area contributed by atoms with Gasteiger partial charge in [-0.15, -0.1) is 0 Å². The van der Waals surface area contributed by atoms with Crippen molar-refractivity contribution in [3.05, 3.63) is 53.2 Å². The first-order chi connectivity index (χ1) is 12.8. The maximum atomic E-state index is 12.5. The van der Waals surface area contributed by atoms with Gasteiger partial charge in [0.15, 0.2) is 0 Å². The fourth-order valence-corrected chi connectivity index (χ4v) is 4.25. The molecule has 2 N–H and O–H groups in total. The molecule has 144 valence electrons. The Bertz CT molecular complexity index is 938. The number of hydrogen-bond donors (Lipinski definition) is 2. The monoisotopic (exact) mass is 389 g/mol. The van der Waals surface area contributed by atoms with Gasteiger partial charge in [-0.2, -0.15) is 0 Å². The Labute approximate surface area is 159 Å². The summed E-state index contributed by atoms with van der Waals surface area (Å²) < 4.78 is 32.7. The van der Waals surface area contributed by atoms with Crippen LogP contribution in [-0.2, 0) is 14.8 Å². The Kier molecular flexibility index (Phi) is 5.76. The van der Waals surface area contributed by atoms with Crippen molar-refractivity contribution in [2.75, 3.05) is 23.3 Å². The molecule has 7 nitrogen and oxygen atoms in total. The van der Waals surface area contributed by atoms with Crippen LogP contribution in [0.25, 0.3) is 0 Å². The van der Waals surface area contributed by atoms with Crippen LogP contribution in [0.2, 0.25) is 0 Å². The van der Waals surface area contributed by atoms with Gasteiger partial charge in [-0.25, -0.2) is 13.4 Å². The minimum Gasteiger partial charge on any atom is -0.381 e. The second kappa shape index (κ2) is 8.06. The molecule has 0 aliphatic carbocycles. The molecule has 1 fully saturated rings. The molecule has 1 aromatic carbocycles. The first-order valence-corrected chi connectivity index (χ1v) is 10.3. The van der Waals surface area contributed by atoms with Crippen molar-refractivity contribution >= 4 is 27.4 Å². The van der Waals surface area contributed by atoms with Crippen molar-refractivity contribution in [2.45, 2.75) is 31.9 Å². The van der Waals surface area contributed by atoms with Crippen molar-refractivity contribution in [2.24, 2.45) is 0 Å². The first-order valence-electron chi connectivity index (χ1n) is 8.79. The van der Waals surface area contributed by atoms with Crippen molar-refractivity contribution in [1.82, 2.24) is 4.98 Å². The van der Waals surface area contributed by atoms with Crippen LogP contribution in [0.3, 0.4) is 0 Å². The Balaban J connectivity index is 1.72.